The number of likely N-dealkylation sites (tertiary alicyclic amines) is 1. The zero-order valence-corrected chi connectivity index (χ0v) is 27.8. The highest BCUT2D eigenvalue weighted by Gasteiger charge is 2.51. The van der Waals surface area contributed by atoms with Crippen molar-refractivity contribution in [1.82, 2.24) is 10.2 Å². The number of esters is 1. The fourth-order valence-electron chi connectivity index (χ4n) is 6.01. The predicted molar refractivity (Wildman–Crippen MR) is 176 cm³/mol. The minimum atomic E-state index is -3.42. The molecule has 238 valence electrons. The van der Waals surface area contributed by atoms with Crippen LogP contribution in [0.2, 0.25) is 5.02 Å². The van der Waals surface area contributed by atoms with Crippen LogP contribution in [0.25, 0.3) is 16.7 Å². The zero-order valence-electron chi connectivity index (χ0n) is 26.2. The fraction of sp³-hybridized carbons (Fsp3) is 0.371. The number of sulfone groups is 1. The van der Waals surface area contributed by atoms with E-state index in [1.807, 2.05) is 17.0 Å². The Morgan fingerprint density at radius 3 is 2.47 bits per heavy atom. The molecule has 10 heteroatoms. The van der Waals surface area contributed by atoms with Gasteiger partial charge in [0.1, 0.15) is 5.57 Å². The first kappa shape index (κ1) is 32.7. The van der Waals surface area contributed by atoms with Crippen molar-refractivity contribution in [3.05, 3.63) is 93.7 Å². The second-order valence-electron chi connectivity index (χ2n) is 13.1. The minimum Gasteiger partial charge on any atom is -0.507 e. The van der Waals surface area contributed by atoms with E-state index in [0.29, 0.717) is 53.2 Å². The molecule has 45 heavy (non-hydrogen) atoms. The molecule has 3 aromatic carbocycles. The predicted octanol–water partition coefficient (Wildman–Crippen LogP) is 5.99. The molecule has 2 aliphatic heterocycles. The summed E-state index contributed by atoms with van der Waals surface area (Å²) < 4.78 is 30.0. The van der Waals surface area contributed by atoms with E-state index in [1.165, 1.54) is 11.6 Å². The van der Waals surface area contributed by atoms with Gasteiger partial charge in [0, 0.05) is 29.9 Å². The highest BCUT2D eigenvalue weighted by atomic mass is 35.5. The number of aryl methyl sites for hydroxylation is 1. The lowest BCUT2D eigenvalue weighted by molar-refractivity contribution is -0.152. The maximum absolute atomic E-state index is 13.3. The number of benzene rings is 3. The SMILES string of the molecule is Cc1cc(-c2cccc(S(C)(=O)=O)c2)c(Cl)cc1C1=C(O)C2(CCCN(CC(=O)NCc3ccc(C(C)(C)C)cc3)C2)OC1=O. The van der Waals surface area contributed by atoms with Gasteiger partial charge < -0.3 is 15.2 Å². The lowest BCUT2D eigenvalue weighted by Crippen LogP contribution is -2.52. The minimum absolute atomic E-state index is 0.0517. The summed E-state index contributed by atoms with van der Waals surface area (Å²) in [6, 6.07) is 18.1. The summed E-state index contributed by atoms with van der Waals surface area (Å²) in [4.78, 5) is 28.2. The van der Waals surface area contributed by atoms with Crippen molar-refractivity contribution in [2.45, 2.75) is 63.0 Å². The molecule has 1 spiro atoms. The maximum Gasteiger partial charge on any atom is 0.343 e. The molecule has 1 fully saturated rings. The second kappa shape index (κ2) is 12.3. The van der Waals surface area contributed by atoms with E-state index in [4.69, 9.17) is 16.3 Å². The van der Waals surface area contributed by atoms with E-state index in [9.17, 15) is 23.1 Å². The van der Waals surface area contributed by atoms with Crippen LogP contribution in [0.15, 0.2) is 71.3 Å². The molecule has 0 radical (unpaired) electrons. The van der Waals surface area contributed by atoms with Gasteiger partial charge >= 0.3 is 5.97 Å². The Kier molecular flexibility index (Phi) is 8.92. The number of aliphatic hydroxyl groups is 1. The quantitative estimate of drug-likeness (QED) is 0.302. The molecule has 5 rings (SSSR count). The van der Waals surface area contributed by atoms with Gasteiger partial charge in [0.05, 0.1) is 11.4 Å². The van der Waals surface area contributed by atoms with Crippen LogP contribution < -0.4 is 5.32 Å². The molecule has 1 unspecified atom stereocenters. The summed E-state index contributed by atoms with van der Waals surface area (Å²) in [5.41, 5.74) is 3.40. The standard InChI is InChI=1S/C35H39ClN2O6S/c1-22-16-28(24-8-6-9-26(17-24)45(5,42)43)29(36)18-27(22)31-32(40)35(44-33(31)41)14-7-15-38(21-35)20-30(39)37-19-23-10-12-25(13-11-23)34(2,3)4/h6,8-13,16-18,40H,7,14-15,19-21H2,1-5H3,(H,37,39). The lowest BCUT2D eigenvalue weighted by Gasteiger charge is -2.38. The normalized spacial score (nSPS) is 19.2. The number of hydrogen-bond acceptors (Lipinski definition) is 7. The Labute approximate surface area is 270 Å². The summed E-state index contributed by atoms with van der Waals surface area (Å²) in [6.45, 7) is 9.59. The fourth-order valence-corrected chi connectivity index (χ4v) is 6.95. The molecule has 3 aromatic rings. The Balaban J connectivity index is 1.32. The summed E-state index contributed by atoms with van der Waals surface area (Å²) in [5, 5.41) is 14.8. The smallest absolute Gasteiger partial charge is 0.343 e. The van der Waals surface area contributed by atoms with Crippen molar-refractivity contribution >= 4 is 38.9 Å². The molecule has 0 aromatic heterocycles. The molecule has 1 atom stereocenters. The van der Waals surface area contributed by atoms with Crippen LogP contribution >= 0.6 is 11.6 Å². The number of nitrogens with one attached hydrogen (secondary N) is 1. The Morgan fingerprint density at radius 1 is 1.09 bits per heavy atom. The maximum atomic E-state index is 13.3. The van der Waals surface area contributed by atoms with Gasteiger partial charge in [-0.15, -0.1) is 0 Å². The zero-order chi connectivity index (χ0) is 32.7. The first-order chi connectivity index (χ1) is 21.1. The van der Waals surface area contributed by atoms with Crippen LogP contribution in [0.3, 0.4) is 0 Å². The molecule has 0 saturated carbocycles. The molecule has 1 amide bonds. The molecule has 1 saturated heterocycles. The highest BCUT2D eigenvalue weighted by Crippen LogP contribution is 2.44. The van der Waals surface area contributed by atoms with Crippen LogP contribution in [0.1, 0.15) is 55.9 Å². The number of carbonyl (C=O) groups is 2. The average Bonchev–Trinajstić information content (AvgIpc) is 3.20. The summed E-state index contributed by atoms with van der Waals surface area (Å²) in [5.74, 6) is -0.968. The summed E-state index contributed by atoms with van der Waals surface area (Å²) in [6.07, 6.45) is 2.20. The summed E-state index contributed by atoms with van der Waals surface area (Å²) >= 11 is 6.68. The third-order valence-corrected chi connectivity index (χ3v) is 9.95. The molecule has 2 aliphatic rings. The number of halogens is 1. The van der Waals surface area contributed by atoms with Crippen molar-refractivity contribution in [2.24, 2.45) is 0 Å². The number of nitrogens with zero attached hydrogens (tertiary/aromatic N) is 1. The number of rotatable bonds is 7. The van der Waals surface area contributed by atoms with Gasteiger partial charge in [-0.1, -0.05) is 68.8 Å². The van der Waals surface area contributed by atoms with Crippen LogP contribution in [-0.4, -0.2) is 61.8 Å². The number of ether oxygens (including phenoxy) is 1. The van der Waals surface area contributed by atoms with Gasteiger partial charge in [0.25, 0.3) is 0 Å². The molecule has 0 aliphatic carbocycles. The number of hydrogen-bond donors (Lipinski definition) is 2. The van der Waals surface area contributed by atoms with Crippen LogP contribution in [0.5, 0.6) is 0 Å². The van der Waals surface area contributed by atoms with E-state index in [-0.39, 0.29) is 40.6 Å². The summed E-state index contributed by atoms with van der Waals surface area (Å²) in [7, 11) is -3.42. The van der Waals surface area contributed by atoms with Gasteiger partial charge in [-0.3, -0.25) is 9.69 Å². The van der Waals surface area contributed by atoms with E-state index in [2.05, 4.69) is 38.2 Å². The number of amides is 1. The number of aliphatic hydroxyl groups excluding tert-OH is 1. The number of carbonyl (C=O) groups excluding carboxylic acids is 2. The van der Waals surface area contributed by atoms with Crippen molar-refractivity contribution in [2.75, 3.05) is 25.9 Å². The van der Waals surface area contributed by atoms with Crippen molar-refractivity contribution < 1.29 is 27.9 Å². The Hall–Kier alpha value is -3.66. The molecule has 8 nitrogen and oxygen atoms in total. The van der Waals surface area contributed by atoms with Gasteiger partial charge in [0.2, 0.25) is 5.91 Å². The highest BCUT2D eigenvalue weighted by molar-refractivity contribution is 7.90. The molecule has 2 N–H and O–H groups in total. The molecular weight excluding hydrogens is 612 g/mol. The van der Waals surface area contributed by atoms with E-state index in [1.54, 1.807) is 37.3 Å². The van der Waals surface area contributed by atoms with E-state index < -0.39 is 21.4 Å². The topological polar surface area (TPSA) is 113 Å². The average molecular weight is 651 g/mol. The van der Waals surface area contributed by atoms with E-state index in [0.717, 1.165) is 11.8 Å². The van der Waals surface area contributed by atoms with Crippen LogP contribution in [0.4, 0.5) is 0 Å². The molecule has 2 heterocycles. The molecule has 0 bridgehead atoms. The lowest BCUT2D eigenvalue weighted by atomic mass is 9.87. The molecular formula is C35H39ClN2O6S. The largest absolute Gasteiger partial charge is 0.507 e. The van der Waals surface area contributed by atoms with Crippen molar-refractivity contribution in [1.29, 1.82) is 0 Å². The first-order valence-electron chi connectivity index (χ1n) is 14.9. The Morgan fingerprint density at radius 2 is 1.80 bits per heavy atom. The van der Waals surface area contributed by atoms with Gasteiger partial charge in [-0.25, -0.2) is 13.2 Å². The number of piperidine rings is 1. The third-order valence-electron chi connectivity index (χ3n) is 8.53. The van der Waals surface area contributed by atoms with Crippen molar-refractivity contribution in [3.8, 4) is 11.1 Å². The van der Waals surface area contributed by atoms with Crippen LogP contribution in [-0.2, 0) is 36.1 Å². The first-order valence-corrected chi connectivity index (χ1v) is 17.2. The Bertz CT molecular complexity index is 1790. The van der Waals surface area contributed by atoms with Crippen molar-refractivity contribution in [3.63, 3.8) is 0 Å². The second-order valence-corrected chi connectivity index (χ2v) is 15.5. The van der Waals surface area contributed by atoms with Gasteiger partial charge in [-0.05, 0) is 83.8 Å². The monoisotopic (exact) mass is 650 g/mol. The van der Waals surface area contributed by atoms with E-state index >= 15 is 0 Å². The van der Waals surface area contributed by atoms with Gasteiger partial charge in [-0.2, -0.15) is 0 Å². The van der Waals surface area contributed by atoms with Crippen LogP contribution in [0, 0.1) is 6.92 Å². The third kappa shape index (κ3) is 6.95. The van der Waals surface area contributed by atoms with Gasteiger partial charge in [0.15, 0.2) is 21.2 Å².